The van der Waals surface area contributed by atoms with Gasteiger partial charge in [-0.2, -0.15) is 0 Å². The summed E-state index contributed by atoms with van der Waals surface area (Å²) in [5, 5.41) is 3.13. The van der Waals surface area contributed by atoms with Crippen molar-refractivity contribution in [3.63, 3.8) is 0 Å². The molecule has 0 fully saturated rings. The summed E-state index contributed by atoms with van der Waals surface area (Å²) in [4.78, 5) is 12.3. The van der Waals surface area contributed by atoms with Gasteiger partial charge < -0.3 is 15.8 Å². The molecule has 0 aliphatic heterocycles. The van der Waals surface area contributed by atoms with Crippen molar-refractivity contribution in [1.29, 1.82) is 0 Å². The molecule has 2 aromatic carbocycles. The minimum Gasteiger partial charge on any atom is -0.492 e. The third-order valence-electron chi connectivity index (χ3n) is 2.92. The lowest BCUT2D eigenvalue weighted by Crippen LogP contribution is -2.13. The SMILES string of the molecule is CCOc1cc(C)ccc1NC(=O)c1ccc(N)cc1Cl. The molecule has 0 atom stereocenters. The van der Waals surface area contributed by atoms with Gasteiger partial charge >= 0.3 is 0 Å². The highest BCUT2D eigenvalue weighted by Gasteiger charge is 2.13. The molecule has 0 bridgehead atoms. The molecular formula is C16H17ClN2O2. The van der Waals surface area contributed by atoms with Crippen molar-refractivity contribution in [3.05, 3.63) is 52.5 Å². The molecule has 0 radical (unpaired) electrons. The third kappa shape index (κ3) is 3.67. The highest BCUT2D eigenvalue weighted by atomic mass is 35.5. The molecule has 2 aromatic rings. The maximum absolute atomic E-state index is 12.3. The molecule has 1 amide bonds. The van der Waals surface area contributed by atoms with E-state index in [9.17, 15) is 4.79 Å². The molecule has 0 spiro atoms. The lowest BCUT2D eigenvalue weighted by molar-refractivity contribution is 0.102. The highest BCUT2D eigenvalue weighted by Crippen LogP contribution is 2.27. The Labute approximate surface area is 128 Å². The fourth-order valence-electron chi connectivity index (χ4n) is 1.91. The molecule has 0 aromatic heterocycles. The molecule has 0 unspecified atom stereocenters. The number of nitrogen functional groups attached to an aromatic ring is 1. The van der Waals surface area contributed by atoms with E-state index in [-0.39, 0.29) is 5.91 Å². The minimum absolute atomic E-state index is 0.301. The first kappa shape index (κ1) is 15.2. The molecule has 0 heterocycles. The number of halogens is 1. The van der Waals surface area contributed by atoms with E-state index in [2.05, 4.69) is 5.32 Å². The summed E-state index contributed by atoms with van der Waals surface area (Å²) < 4.78 is 5.54. The molecule has 2 rings (SSSR count). The molecule has 0 saturated heterocycles. The summed E-state index contributed by atoms with van der Waals surface area (Å²) >= 11 is 6.04. The summed E-state index contributed by atoms with van der Waals surface area (Å²) in [5.74, 6) is 0.335. The van der Waals surface area contributed by atoms with Crippen molar-refractivity contribution in [1.82, 2.24) is 0 Å². The van der Waals surface area contributed by atoms with Gasteiger partial charge in [0.1, 0.15) is 5.75 Å². The van der Waals surface area contributed by atoms with E-state index < -0.39 is 0 Å². The van der Waals surface area contributed by atoms with Crippen LogP contribution in [0.15, 0.2) is 36.4 Å². The van der Waals surface area contributed by atoms with Gasteiger partial charge in [-0.25, -0.2) is 0 Å². The largest absolute Gasteiger partial charge is 0.492 e. The van der Waals surface area contributed by atoms with Crippen LogP contribution in [0.2, 0.25) is 5.02 Å². The third-order valence-corrected chi connectivity index (χ3v) is 3.24. The van der Waals surface area contributed by atoms with Crippen molar-refractivity contribution in [2.75, 3.05) is 17.7 Å². The predicted molar refractivity (Wildman–Crippen MR) is 86.2 cm³/mol. The fraction of sp³-hybridized carbons (Fsp3) is 0.188. The Kier molecular flexibility index (Phi) is 4.70. The first-order valence-corrected chi connectivity index (χ1v) is 6.99. The zero-order valence-electron chi connectivity index (χ0n) is 11.9. The second-order valence-corrected chi connectivity index (χ2v) is 5.03. The van der Waals surface area contributed by atoms with Crippen LogP contribution in [0.3, 0.4) is 0 Å². The quantitative estimate of drug-likeness (QED) is 0.842. The maximum atomic E-state index is 12.3. The van der Waals surface area contributed by atoms with Crippen LogP contribution in [0, 0.1) is 6.92 Å². The molecule has 0 aliphatic carbocycles. The van der Waals surface area contributed by atoms with Gasteiger partial charge in [0.05, 0.1) is 22.9 Å². The first-order valence-electron chi connectivity index (χ1n) is 6.61. The molecule has 0 saturated carbocycles. The first-order chi connectivity index (χ1) is 10.0. The zero-order chi connectivity index (χ0) is 15.4. The lowest BCUT2D eigenvalue weighted by atomic mass is 10.1. The monoisotopic (exact) mass is 304 g/mol. The molecule has 0 aliphatic rings. The second-order valence-electron chi connectivity index (χ2n) is 4.63. The van der Waals surface area contributed by atoms with Crippen LogP contribution in [-0.4, -0.2) is 12.5 Å². The van der Waals surface area contributed by atoms with E-state index in [1.165, 1.54) is 0 Å². The average molecular weight is 305 g/mol. The van der Waals surface area contributed by atoms with Gasteiger partial charge in [0, 0.05) is 5.69 Å². The predicted octanol–water partition coefficient (Wildman–Crippen LogP) is 3.88. The molecule has 5 heteroatoms. The van der Waals surface area contributed by atoms with Crippen molar-refractivity contribution in [3.8, 4) is 5.75 Å². The van der Waals surface area contributed by atoms with Crippen LogP contribution in [-0.2, 0) is 0 Å². The van der Waals surface area contributed by atoms with Gasteiger partial charge in [-0.3, -0.25) is 4.79 Å². The van der Waals surface area contributed by atoms with Crippen LogP contribution < -0.4 is 15.8 Å². The number of anilines is 2. The van der Waals surface area contributed by atoms with E-state index in [1.807, 2.05) is 32.0 Å². The zero-order valence-corrected chi connectivity index (χ0v) is 12.7. The van der Waals surface area contributed by atoms with E-state index >= 15 is 0 Å². The van der Waals surface area contributed by atoms with Gasteiger partial charge in [0.15, 0.2) is 0 Å². The molecule has 21 heavy (non-hydrogen) atoms. The molecule has 110 valence electrons. The normalized spacial score (nSPS) is 10.2. The van der Waals surface area contributed by atoms with Crippen LogP contribution in [0.5, 0.6) is 5.75 Å². The molecule has 4 nitrogen and oxygen atoms in total. The van der Waals surface area contributed by atoms with Crippen molar-refractivity contribution < 1.29 is 9.53 Å². The second kappa shape index (κ2) is 6.50. The topological polar surface area (TPSA) is 64.3 Å². The average Bonchev–Trinajstić information content (AvgIpc) is 2.42. The Hall–Kier alpha value is -2.20. The number of nitrogens with two attached hydrogens (primary N) is 1. The Morgan fingerprint density at radius 3 is 2.71 bits per heavy atom. The highest BCUT2D eigenvalue weighted by molar-refractivity contribution is 6.34. The number of hydrogen-bond acceptors (Lipinski definition) is 3. The summed E-state index contributed by atoms with van der Waals surface area (Å²) in [7, 11) is 0. The van der Waals surface area contributed by atoms with E-state index in [4.69, 9.17) is 22.1 Å². The van der Waals surface area contributed by atoms with Gasteiger partial charge in [-0.15, -0.1) is 0 Å². The van der Waals surface area contributed by atoms with Crippen molar-refractivity contribution >= 4 is 28.9 Å². The summed E-state index contributed by atoms with van der Waals surface area (Å²) in [6.07, 6.45) is 0. The van der Waals surface area contributed by atoms with E-state index in [1.54, 1.807) is 18.2 Å². The summed E-state index contributed by atoms with van der Waals surface area (Å²) in [6.45, 7) is 4.38. The Morgan fingerprint density at radius 1 is 1.29 bits per heavy atom. The minimum atomic E-state index is -0.301. The number of nitrogens with one attached hydrogen (secondary N) is 1. The number of benzene rings is 2. The number of rotatable bonds is 4. The summed E-state index contributed by atoms with van der Waals surface area (Å²) in [5.41, 5.74) is 8.18. The smallest absolute Gasteiger partial charge is 0.257 e. The lowest BCUT2D eigenvalue weighted by Gasteiger charge is -2.13. The number of carbonyl (C=O) groups is 1. The van der Waals surface area contributed by atoms with Crippen LogP contribution in [0.1, 0.15) is 22.8 Å². The number of carbonyl (C=O) groups excluding carboxylic acids is 1. The van der Waals surface area contributed by atoms with Crippen molar-refractivity contribution in [2.45, 2.75) is 13.8 Å². The van der Waals surface area contributed by atoms with Crippen LogP contribution in [0.25, 0.3) is 0 Å². The number of ether oxygens (including phenoxy) is 1. The van der Waals surface area contributed by atoms with Crippen LogP contribution >= 0.6 is 11.6 Å². The molecule has 3 N–H and O–H groups in total. The van der Waals surface area contributed by atoms with Crippen molar-refractivity contribution in [2.24, 2.45) is 0 Å². The van der Waals surface area contributed by atoms with Gasteiger partial charge in [-0.05, 0) is 49.7 Å². The number of amides is 1. The number of hydrogen-bond donors (Lipinski definition) is 2. The van der Waals surface area contributed by atoms with E-state index in [0.29, 0.717) is 34.3 Å². The Bertz CT molecular complexity index is 671. The van der Waals surface area contributed by atoms with Gasteiger partial charge in [-0.1, -0.05) is 17.7 Å². The standard InChI is InChI=1S/C16H17ClN2O2/c1-3-21-15-8-10(2)4-7-14(15)19-16(20)12-6-5-11(18)9-13(12)17/h4-9H,3,18H2,1-2H3,(H,19,20). The number of aryl methyl sites for hydroxylation is 1. The summed E-state index contributed by atoms with van der Waals surface area (Å²) in [6, 6.07) is 10.4. The van der Waals surface area contributed by atoms with Crippen LogP contribution in [0.4, 0.5) is 11.4 Å². The van der Waals surface area contributed by atoms with Gasteiger partial charge in [0.25, 0.3) is 5.91 Å². The Morgan fingerprint density at radius 2 is 2.05 bits per heavy atom. The molecular weight excluding hydrogens is 288 g/mol. The fourth-order valence-corrected chi connectivity index (χ4v) is 2.19. The van der Waals surface area contributed by atoms with Gasteiger partial charge in [0.2, 0.25) is 0 Å². The van der Waals surface area contributed by atoms with E-state index in [0.717, 1.165) is 5.56 Å². The maximum Gasteiger partial charge on any atom is 0.257 e. The Balaban J connectivity index is 2.27.